The van der Waals surface area contributed by atoms with E-state index in [0.717, 1.165) is 24.6 Å². The summed E-state index contributed by atoms with van der Waals surface area (Å²) in [7, 11) is 0. The van der Waals surface area contributed by atoms with Crippen molar-refractivity contribution in [2.75, 3.05) is 44.2 Å². The van der Waals surface area contributed by atoms with Crippen molar-refractivity contribution in [2.24, 2.45) is 5.92 Å². The predicted octanol–water partition coefficient (Wildman–Crippen LogP) is 5.69. The number of hydrogen-bond donors (Lipinski definition) is 1. The largest absolute Gasteiger partial charge is 0.477 e. The van der Waals surface area contributed by atoms with Gasteiger partial charge in [0.1, 0.15) is 11.5 Å². The summed E-state index contributed by atoms with van der Waals surface area (Å²) in [6.45, 7) is 6.98. The molecule has 0 radical (unpaired) electrons. The van der Waals surface area contributed by atoms with Gasteiger partial charge in [0.05, 0.1) is 23.4 Å². The van der Waals surface area contributed by atoms with Gasteiger partial charge < -0.3 is 19.9 Å². The van der Waals surface area contributed by atoms with Crippen molar-refractivity contribution < 1.29 is 27.1 Å². The van der Waals surface area contributed by atoms with Crippen LogP contribution < -0.4 is 15.0 Å². The highest BCUT2D eigenvalue weighted by atomic mass is 19.4. The lowest BCUT2D eigenvalue weighted by molar-refractivity contribution is -0.137. The average molecular weight is 598 g/mol. The second-order valence-corrected chi connectivity index (χ2v) is 11.6. The topological polar surface area (TPSA) is 70.6 Å². The van der Waals surface area contributed by atoms with Crippen molar-refractivity contribution in [3.8, 4) is 17.1 Å². The molecule has 3 aliphatic heterocycles. The fraction of sp³-hybridized carbons (Fsp3) is 0.469. The molecular formula is C32H35F4N5O2. The van der Waals surface area contributed by atoms with E-state index in [-0.39, 0.29) is 23.6 Å². The molecule has 0 unspecified atom stereocenters. The van der Waals surface area contributed by atoms with Gasteiger partial charge in [0.25, 0.3) is 5.91 Å². The summed E-state index contributed by atoms with van der Waals surface area (Å²) in [6.07, 6.45) is -1.01. The summed E-state index contributed by atoms with van der Waals surface area (Å²) in [6, 6.07) is 10.4. The van der Waals surface area contributed by atoms with E-state index in [2.05, 4.69) is 10.3 Å². The molecule has 2 fully saturated rings. The molecule has 11 heteroatoms. The number of anilines is 1. The van der Waals surface area contributed by atoms with E-state index in [1.54, 1.807) is 17.2 Å². The van der Waals surface area contributed by atoms with E-state index in [1.807, 2.05) is 36.9 Å². The number of amides is 1. The molecule has 1 aromatic carbocycles. The number of halogens is 4. The van der Waals surface area contributed by atoms with Gasteiger partial charge in [-0.05, 0) is 74.2 Å². The Morgan fingerprint density at radius 2 is 2.00 bits per heavy atom. The van der Waals surface area contributed by atoms with Crippen molar-refractivity contribution in [3.05, 3.63) is 71.3 Å². The van der Waals surface area contributed by atoms with Gasteiger partial charge in [-0.2, -0.15) is 13.2 Å². The number of benzene rings is 1. The van der Waals surface area contributed by atoms with Gasteiger partial charge in [-0.25, -0.2) is 14.4 Å². The quantitative estimate of drug-likeness (QED) is 0.368. The van der Waals surface area contributed by atoms with Gasteiger partial charge in [-0.15, -0.1) is 0 Å². The Bertz CT molecular complexity index is 1510. The average Bonchev–Trinajstić information content (AvgIpc) is 3.54. The number of hydrogen-bond acceptors (Lipinski definition) is 6. The minimum absolute atomic E-state index is 0.00447. The molecule has 3 aromatic rings. The van der Waals surface area contributed by atoms with E-state index in [9.17, 15) is 22.4 Å². The number of aromatic nitrogens is 2. The number of rotatable bonds is 6. The molecule has 1 N–H and O–H groups in total. The standard InChI is InChI=1S/C32H35F4N5O2/c1-3-20-18-40(27-10-7-21(33)16-25(27)32(34,35)36)15-12-31(20)19-41(22-11-14-37-17-22)30(42)28-24(31)8-9-26(39-28)23-6-5-13-38-29(23)43-4-2/h5-10,13,16,20,22,37H,3-4,11-12,14-15,17-19H2,1-2H3/t20-,22-,31+/m1/s1. The normalized spacial score (nSPS) is 24.0. The van der Waals surface area contributed by atoms with Crippen LogP contribution in [0.4, 0.5) is 23.2 Å². The fourth-order valence-electron chi connectivity index (χ4n) is 7.19. The van der Waals surface area contributed by atoms with Crippen molar-refractivity contribution in [1.29, 1.82) is 0 Å². The third kappa shape index (κ3) is 5.21. The van der Waals surface area contributed by atoms with Crippen LogP contribution in [0.3, 0.4) is 0 Å². The summed E-state index contributed by atoms with van der Waals surface area (Å²) in [5.74, 6) is -0.693. The van der Waals surface area contributed by atoms with E-state index < -0.39 is 23.0 Å². The van der Waals surface area contributed by atoms with E-state index in [1.165, 1.54) is 6.07 Å². The molecule has 6 rings (SSSR count). The molecule has 0 aliphatic carbocycles. The smallest absolute Gasteiger partial charge is 0.418 e. The maximum atomic E-state index is 14.1. The lowest BCUT2D eigenvalue weighted by Gasteiger charge is -2.54. The second kappa shape index (κ2) is 11.4. The van der Waals surface area contributed by atoms with Crippen molar-refractivity contribution in [3.63, 3.8) is 0 Å². The highest BCUT2D eigenvalue weighted by Crippen LogP contribution is 2.49. The Morgan fingerprint density at radius 3 is 2.72 bits per heavy atom. The summed E-state index contributed by atoms with van der Waals surface area (Å²) >= 11 is 0. The number of carbonyl (C=O) groups excluding carboxylic acids is 1. The Morgan fingerprint density at radius 1 is 1.16 bits per heavy atom. The second-order valence-electron chi connectivity index (χ2n) is 11.6. The molecule has 1 spiro atoms. The van der Waals surface area contributed by atoms with Crippen molar-refractivity contribution >= 4 is 11.6 Å². The zero-order valence-corrected chi connectivity index (χ0v) is 24.3. The first-order valence-electron chi connectivity index (χ1n) is 14.9. The predicted molar refractivity (Wildman–Crippen MR) is 155 cm³/mol. The van der Waals surface area contributed by atoms with Crippen LogP contribution >= 0.6 is 0 Å². The van der Waals surface area contributed by atoms with Crippen molar-refractivity contribution in [2.45, 2.75) is 50.7 Å². The maximum Gasteiger partial charge on any atom is 0.418 e. The summed E-state index contributed by atoms with van der Waals surface area (Å²) in [5.41, 5.74) is 1.00. The molecule has 3 aliphatic rings. The molecule has 1 amide bonds. The Hall–Kier alpha value is -3.73. The SMILES string of the molecule is CCOc1ncccc1-c1ccc2c(n1)C(=O)N([C@@H]1CCNC1)C[C@]21CCN(c2ccc(F)cc2C(F)(F)F)C[C@H]1CC. The zero-order chi connectivity index (χ0) is 30.4. The Balaban J connectivity index is 1.43. The van der Waals surface area contributed by atoms with Gasteiger partial charge in [-0.3, -0.25) is 4.79 Å². The minimum atomic E-state index is -4.68. The van der Waals surface area contributed by atoms with Crippen LogP contribution in [0, 0.1) is 11.7 Å². The third-order valence-corrected chi connectivity index (χ3v) is 9.30. The molecule has 3 atom stereocenters. The van der Waals surface area contributed by atoms with Crippen LogP contribution in [-0.4, -0.2) is 66.1 Å². The number of alkyl halides is 3. The van der Waals surface area contributed by atoms with Crippen molar-refractivity contribution in [1.82, 2.24) is 20.2 Å². The zero-order valence-electron chi connectivity index (χ0n) is 24.3. The number of fused-ring (bicyclic) bond motifs is 2. The fourth-order valence-corrected chi connectivity index (χ4v) is 7.19. The number of piperidine rings is 1. The first-order valence-corrected chi connectivity index (χ1v) is 14.9. The van der Waals surface area contributed by atoms with E-state index >= 15 is 0 Å². The molecule has 2 aromatic heterocycles. The monoisotopic (exact) mass is 597 g/mol. The van der Waals surface area contributed by atoms with Crippen LogP contribution in [0.5, 0.6) is 5.88 Å². The van der Waals surface area contributed by atoms with Crippen LogP contribution in [0.1, 0.15) is 54.7 Å². The Kier molecular flexibility index (Phi) is 7.78. The minimum Gasteiger partial charge on any atom is -0.477 e. The van der Waals surface area contributed by atoms with E-state index in [0.29, 0.717) is 74.5 Å². The lowest BCUT2D eigenvalue weighted by Crippen LogP contribution is -2.61. The van der Waals surface area contributed by atoms with Gasteiger partial charge in [-0.1, -0.05) is 19.4 Å². The number of pyridine rings is 2. The van der Waals surface area contributed by atoms with Gasteiger partial charge in [0, 0.05) is 49.5 Å². The summed E-state index contributed by atoms with van der Waals surface area (Å²) < 4.78 is 61.5. The molecule has 7 nitrogen and oxygen atoms in total. The van der Waals surface area contributed by atoms with Gasteiger partial charge >= 0.3 is 6.18 Å². The molecule has 2 saturated heterocycles. The first kappa shape index (κ1) is 29.3. The van der Waals surface area contributed by atoms with Crippen LogP contribution in [0.2, 0.25) is 0 Å². The molecule has 5 heterocycles. The Labute approximate surface area is 248 Å². The lowest BCUT2D eigenvalue weighted by atomic mass is 9.62. The highest BCUT2D eigenvalue weighted by molar-refractivity contribution is 5.96. The molecule has 43 heavy (non-hydrogen) atoms. The third-order valence-electron chi connectivity index (χ3n) is 9.30. The molecular weight excluding hydrogens is 562 g/mol. The number of ether oxygens (including phenoxy) is 1. The summed E-state index contributed by atoms with van der Waals surface area (Å²) in [5, 5.41) is 3.36. The number of nitrogens with zero attached hydrogens (tertiary/aromatic N) is 4. The van der Waals surface area contributed by atoms with Gasteiger partial charge in [0.2, 0.25) is 5.88 Å². The molecule has 228 valence electrons. The van der Waals surface area contributed by atoms with Gasteiger partial charge in [0.15, 0.2) is 0 Å². The molecule has 0 bridgehead atoms. The summed E-state index contributed by atoms with van der Waals surface area (Å²) in [4.78, 5) is 27.1. The highest BCUT2D eigenvalue weighted by Gasteiger charge is 2.52. The number of nitrogens with one attached hydrogen (secondary N) is 1. The van der Waals surface area contributed by atoms with E-state index in [4.69, 9.17) is 9.72 Å². The van der Waals surface area contributed by atoms with Crippen LogP contribution in [0.15, 0.2) is 48.7 Å². The number of carbonyl (C=O) groups is 1. The molecule has 0 saturated carbocycles. The first-order chi connectivity index (χ1) is 20.7. The maximum absolute atomic E-state index is 14.1. The van der Waals surface area contributed by atoms with Crippen LogP contribution in [-0.2, 0) is 11.6 Å². The van der Waals surface area contributed by atoms with Crippen LogP contribution in [0.25, 0.3) is 11.3 Å².